The van der Waals surface area contributed by atoms with E-state index >= 15 is 0 Å². The second kappa shape index (κ2) is 5.47. The van der Waals surface area contributed by atoms with Gasteiger partial charge in [0.2, 0.25) is 0 Å². The van der Waals surface area contributed by atoms with Crippen LogP contribution in [0.3, 0.4) is 0 Å². The van der Waals surface area contributed by atoms with E-state index in [0.29, 0.717) is 10.8 Å². The highest BCUT2D eigenvalue weighted by Gasteiger charge is 2.47. The molecule has 2 aliphatic rings. The summed E-state index contributed by atoms with van der Waals surface area (Å²) >= 11 is 0. The van der Waals surface area contributed by atoms with Crippen molar-refractivity contribution in [3.63, 3.8) is 0 Å². The van der Waals surface area contributed by atoms with Crippen LogP contribution in [0, 0.1) is 24.7 Å². The summed E-state index contributed by atoms with van der Waals surface area (Å²) in [5.74, 6) is 0. The fourth-order valence-corrected chi connectivity index (χ4v) is 3.70. The highest BCUT2D eigenvalue weighted by Crippen LogP contribution is 2.53. The fraction of sp³-hybridized carbons (Fsp3) is 0.700. The van der Waals surface area contributed by atoms with Crippen molar-refractivity contribution in [2.45, 2.75) is 60.3 Å². The number of nitrogens with zero attached hydrogens (tertiary/aromatic N) is 1. The van der Waals surface area contributed by atoms with Crippen LogP contribution < -0.4 is 10.2 Å². The van der Waals surface area contributed by atoms with Crippen molar-refractivity contribution in [1.82, 2.24) is 0 Å². The van der Waals surface area contributed by atoms with Crippen LogP contribution in [-0.4, -0.2) is 19.6 Å². The molecule has 0 aromatic heterocycles. The number of nitrogens with one attached hydrogen (secondary N) is 1. The molecule has 1 aliphatic heterocycles. The molecule has 0 radical (unpaired) electrons. The Kier molecular flexibility index (Phi) is 3.91. The van der Waals surface area contributed by atoms with E-state index < -0.39 is 0 Å². The van der Waals surface area contributed by atoms with Gasteiger partial charge in [-0.05, 0) is 73.6 Å². The molecular weight excluding hydrogens is 268 g/mol. The second-order valence-corrected chi connectivity index (χ2v) is 8.86. The number of aryl methyl sites for hydroxylation is 2. The van der Waals surface area contributed by atoms with Gasteiger partial charge in [0.1, 0.15) is 0 Å². The number of hydrogen-bond acceptors (Lipinski definition) is 2. The third-order valence-electron chi connectivity index (χ3n) is 5.45. The minimum absolute atomic E-state index is 0.392. The van der Waals surface area contributed by atoms with Gasteiger partial charge in [0.25, 0.3) is 0 Å². The predicted molar refractivity (Wildman–Crippen MR) is 97.0 cm³/mol. The topological polar surface area (TPSA) is 15.3 Å². The number of hydrogen-bond donors (Lipinski definition) is 1. The van der Waals surface area contributed by atoms with E-state index in [4.69, 9.17) is 0 Å². The molecule has 3 rings (SSSR count). The number of benzene rings is 1. The lowest BCUT2D eigenvalue weighted by Gasteiger charge is -2.23. The monoisotopic (exact) mass is 300 g/mol. The van der Waals surface area contributed by atoms with E-state index in [1.807, 2.05) is 0 Å². The molecule has 1 N–H and O–H groups in total. The Morgan fingerprint density at radius 2 is 1.73 bits per heavy atom. The van der Waals surface area contributed by atoms with Crippen LogP contribution in [0.15, 0.2) is 12.1 Å². The first-order valence-corrected chi connectivity index (χ1v) is 8.88. The second-order valence-electron chi connectivity index (χ2n) is 8.86. The maximum atomic E-state index is 3.67. The standard InChI is InChI=1S/C20H32N2/c1-15-12-17(22-11-9-20(14-22)6-7-20)13-16(2)18(15)21-10-8-19(3,4)5/h12-13,21H,6-11,14H2,1-5H3. The van der Waals surface area contributed by atoms with Crippen molar-refractivity contribution in [3.8, 4) is 0 Å². The van der Waals surface area contributed by atoms with Crippen molar-refractivity contribution in [1.29, 1.82) is 0 Å². The Morgan fingerprint density at radius 1 is 1.09 bits per heavy atom. The first-order valence-electron chi connectivity index (χ1n) is 8.88. The fourth-order valence-electron chi connectivity index (χ4n) is 3.70. The summed E-state index contributed by atoms with van der Waals surface area (Å²) in [4.78, 5) is 2.60. The van der Waals surface area contributed by atoms with Crippen molar-refractivity contribution in [3.05, 3.63) is 23.3 Å². The Labute approximate surface area is 136 Å². The maximum absolute atomic E-state index is 3.67. The van der Waals surface area contributed by atoms with Crippen LogP contribution in [0.25, 0.3) is 0 Å². The van der Waals surface area contributed by atoms with Gasteiger partial charge in [-0.25, -0.2) is 0 Å². The van der Waals surface area contributed by atoms with Gasteiger partial charge in [-0.1, -0.05) is 20.8 Å². The summed E-state index contributed by atoms with van der Waals surface area (Å²) in [6.07, 6.45) is 5.50. The Morgan fingerprint density at radius 3 is 2.23 bits per heavy atom. The first-order chi connectivity index (χ1) is 10.3. The van der Waals surface area contributed by atoms with Gasteiger partial charge >= 0.3 is 0 Å². The van der Waals surface area contributed by atoms with E-state index in [9.17, 15) is 0 Å². The van der Waals surface area contributed by atoms with Crippen molar-refractivity contribution < 1.29 is 0 Å². The minimum Gasteiger partial charge on any atom is -0.385 e. The van der Waals surface area contributed by atoms with Gasteiger partial charge in [0.15, 0.2) is 0 Å². The zero-order valence-corrected chi connectivity index (χ0v) is 15.1. The molecule has 1 aliphatic carbocycles. The molecule has 122 valence electrons. The third-order valence-corrected chi connectivity index (χ3v) is 5.45. The van der Waals surface area contributed by atoms with Gasteiger partial charge in [-0.2, -0.15) is 0 Å². The lowest BCUT2D eigenvalue weighted by Crippen LogP contribution is -2.20. The molecule has 2 heteroatoms. The summed E-state index contributed by atoms with van der Waals surface area (Å²) < 4.78 is 0. The lowest BCUT2D eigenvalue weighted by molar-refractivity contribution is 0.389. The van der Waals surface area contributed by atoms with E-state index in [2.05, 4.69) is 57.0 Å². The van der Waals surface area contributed by atoms with Crippen LogP contribution >= 0.6 is 0 Å². The molecule has 1 saturated heterocycles. The molecule has 1 aromatic carbocycles. The summed E-state index contributed by atoms with van der Waals surface area (Å²) in [7, 11) is 0. The third kappa shape index (κ3) is 3.42. The van der Waals surface area contributed by atoms with E-state index in [1.165, 1.54) is 61.3 Å². The maximum Gasteiger partial charge on any atom is 0.0401 e. The van der Waals surface area contributed by atoms with Crippen molar-refractivity contribution in [2.75, 3.05) is 29.9 Å². The highest BCUT2D eigenvalue weighted by molar-refractivity contribution is 5.65. The molecule has 1 spiro atoms. The number of rotatable bonds is 4. The average Bonchev–Trinajstić information content (AvgIpc) is 3.01. The summed E-state index contributed by atoms with van der Waals surface area (Å²) in [5, 5.41) is 3.67. The van der Waals surface area contributed by atoms with E-state index in [1.54, 1.807) is 0 Å². The average molecular weight is 300 g/mol. The molecule has 1 saturated carbocycles. The first kappa shape index (κ1) is 15.7. The molecule has 0 atom stereocenters. The Balaban J connectivity index is 1.68. The van der Waals surface area contributed by atoms with Gasteiger partial charge in [-0.3, -0.25) is 0 Å². The molecule has 1 aromatic rings. The van der Waals surface area contributed by atoms with Crippen molar-refractivity contribution >= 4 is 11.4 Å². The van der Waals surface area contributed by atoms with Crippen LogP contribution in [0.4, 0.5) is 11.4 Å². The summed E-state index contributed by atoms with van der Waals surface area (Å²) in [5.41, 5.74) is 6.64. The molecular formula is C20H32N2. The highest BCUT2D eigenvalue weighted by atomic mass is 15.2. The van der Waals surface area contributed by atoms with Crippen LogP contribution in [0.5, 0.6) is 0 Å². The number of anilines is 2. The van der Waals surface area contributed by atoms with Crippen molar-refractivity contribution in [2.24, 2.45) is 10.8 Å². The summed E-state index contributed by atoms with van der Waals surface area (Å²) in [6.45, 7) is 15.0. The quantitative estimate of drug-likeness (QED) is 0.828. The lowest BCUT2D eigenvalue weighted by atomic mass is 9.92. The van der Waals surface area contributed by atoms with Gasteiger partial charge in [0, 0.05) is 31.0 Å². The Hall–Kier alpha value is -1.18. The van der Waals surface area contributed by atoms with Gasteiger partial charge < -0.3 is 10.2 Å². The largest absolute Gasteiger partial charge is 0.385 e. The van der Waals surface area contributed by atoms with E-state index in [-0.39, 0.29) is 0 Å². The molecule has 0 amide bonds. The Bertz CT molecular complexity index is 526. The SMILES string of the molecule is Cc1cc(N2CCC3(CC3)C2)cc(C)c1NCCC(C)(C)C. The molecule has 2 nitrogen and oxygen atoms in total. The normalized spacial score (nSPS) is 19.8. The zero-order valence-electron chi connectivity index (χ0n) is 15.1. The van der Waals surface area contributed by atoms with Crippen LogP contribution in [0.2, 0.25) is 0 Å². The molecule has 0 bridgehead atoms. The minimum atomic E-state index is 0.392. The molecule has 0 unspecified atom stereocenters. The van der Waals surface area contributed by atoms with Gasteiger partial charge in [-0.15, -0.1) is 0 Å². The zero-order chi connectivity index (χ0) is 16.0. The molecule has 2 fully saturated rings. The van der Waals surface area contributed by atoms with Gasteiger partial charge in [0.05, 0.1) is 0 Å². The summed E-state index contributed by atoms with van der Waals surface area (Å²) in [6, 6.07) is 4.77. The molecule has 1 heterocycles. The van der Waals surface area contributed by atoms with Crippen LogP contribution in [-0.2, 0) is 0 Å². The molecule has 22 heavy (non-hydrogen) atoms. The predicted octanol–water partition coefficient (Wildman–Crippen LogP) is 5.14. The van der Waals surface area contributed by atoms with E-state index in [0.717, 1.165) is 6.54 Å². The van der Waals surface area contributed by atoms with Crippen LogP contribution in [0.1, 0.15) is 57.6 Å². The smallest absolute Gasteiger partial charge is 0.0401 e.